The Labute approximate surface area is 124 Å². The molecule has 0 radical (unpaired) electrons. The van der Waals surface area contributed by atoms with Crippen molar-refractivity contribution in [2.45, 2.75) is 66.5 Å². The number of unbranched alkanes of at least 4 members (excludes halogenated alkanes) is 1. The molecule has 0 aliphatic rings. The number of aryl methyl sites for hydroxylation is 1. The van der Waals surface area contributed by atoms with E-state index in [0.717, 1.165) is 31.3 Å². The summed E-state index contributed by atoms with van der Waals surface area (Å²) < 4.78 is 0. The normalized spacial score (nSPS) is 11.7. The predicted octanol–water partition coefficient (Wildman–Crippen LogP) is 3.30. The Bertz CT molecular complexity index is 409. The standard InChI is InChI=1S/C16H30N4/c1-7-9-10-20(8-2)15-17-11-14(13(3)19-15)12-18-16(4,5)6/h11,18H,7-10,12H2,1-6H3. The summed E-state index contributed by atoms with van der Waals surface area (Å²) in [7, 11) is 0. The Balaban J connectivity index is 2.75. The van der Waals surface area contributed by atoms with Crippen molar-refractivity contribution in [3.63, 3.8) is 0 Å². The average Bonchev–Trinajstić information content (AvgIpc) is 2.37. The first-order valence-electron chi connectivity index (χ1n) is 7.70. The van der Waals surface area contributed by atoms with Crippen molar-refractivity contribution in [3.05, 3.63) is 17.5 Å². The molecule has 0 aliphatic carbocycles. The molecule has 0 atom stereocenters. The SMILES string of the molecule is CCCCN(CC)c1ncc(CNC(C)(C)C)c(C)n1. The molecule has 0 spiro atoms. The van der Waals surface area contributed by atoms with E-state index in [4.69, 9.17) is 0 Å². The molecule has 0 aromatic carbocycles. The van der Waals surface area contributed by atoms with Crippen LogP contribution in [0.5, 0.6) is 0 Å². The fourth-order valence-corrected chi connectivity index (χ4v) is 1.91. The zero-order valence-corrected chi connectivity index (χ0v) is 14.0. The van der Waals surface area contributed by atoms with Crippen LogP contribution >= 0.6 is 0 Å². The van der Waals surface area contributed by atoms with Crippen molar-refractivity contribution < 1.29 is 0 Å². The van der Waals surface area contributed by atoms with Gasteiger partial charge in [0.25, 0.3) is 0 Å². The van der Waals surface area contributed by atoms with Crippen molar-refractivity contribution in [1.82, 2.24) is 15.3 Å². The number of aromatic nitrogens is 2. The Hall–Kier alpha value is -1.16. The lowest BCUT2D eigenvalue weighted by molar-refractivity contribution is 0.423. The van der Waals surface area contributed by atoms with Gasteiger partial charge in [0, 0.05) is 42.6 Å². The molecular weight excluding hydrogens is 248 g/mol. The van der Waals surface area contributed by atoms with Crippen LogP contribution in [0.25, 0.3) is 0 Å². The molecule has 114 valence electrons. The summed E-state index contributed by atoms with van der Waals surface area (Å²) in [5, 5.41) is 3.48. The van der Waals surface area contributed by atoms with Crippen molar-refractivity contribution in [2.24, 2.45) is 0 Å². The van der Waals surface area contributed by atoms with E-state index in [1.165, 1.54) is 18.4 Å². The first kappa shape index (κ1) is 16.9. The van der Waals surface area contributed by atoms with Gasteiger partial charge in [-0.15, -0.1) is 0 Å². The van der Waals surface area contributed by atoms with Crippen LogP contribution in [0.1, 0.15) is 58.7 Å². The van der Waals surface area contributed by atoms with Crippen LogP contribution in [0.4, 0.5) is 5.95 Å². The number of rotatable bonds is 7. The largest absolute Gasteiger partial charge is 0.341 e. The van der Waals surface area contributed by atoms with Gasteiger partial charge in [-0.3, -0.25) is 0 Å². The fraction of sp³-hybridized carbons (Fsp3) is 0.750. The van der Waals surface area contributed by atoms with Crippen molar-refractivity contribution in [1.29, 1.82) is 0 Å². The smallest absolute Gasteiger partial charge is 0.225 e. The second-order valence-corrected chi connectivity index (χ2v) is 6.32. The van der Waals surface area contributed by atoms with E-state index in [0.29, 0.717) is 0 Å². The van der Waals surface area contributed by atoms with E-state index in [9.17, 15) is 0 Å². The lowest BCUT2D eigenvalue weighted by Gasteiger charge is -2.23. The van der Waals surface area contributed by atoms with Crippen LogP contribution in [-0.2, 0) is 6.54 Å². The fourth-order valence-electron chi connectivity index (χ4n) is 1.91. The quantitative estimate of drug-likeness (QED) is 0.831. The number of hydrogen-bond donors (Lipinski definition) is 1. The molecule has 1 N–H and O–H groups in total. The summed E-state index contributed by atoms with van der Waals surface area (Å²) in [4.78, 5) is 11.5. The van der Waals surface area contributed by atoms with Gasteiger partial charge in [0.2, 0.25) is 5.95 Å². The number of hydrogen-bond acceptors (Lipinski definition) is 4. The summed E-state index contributed by atoms with van der Waals surface area (Å²) in [5.74, 6) is 0.859. The van der Waals surface area contributed by atoms with E-state index < -0.39 is 0 Å². The van der Waals surface area contributed by atoms with Gasteiger partial charge >= 0.3 is 0 Å². The van der Waals surface area contributed by atoms with Crippen LogP contribution in [-0.4, -0.2) is 28.6 Å². The molecule has 20 heavy (non-hydrogen) atoms. The maximum absolute atomic E-state index is 4.67. The minimum absolute atomic E-state index is 0.113. The summed E-state index contributed by atoms with van der Waals surface area (Å²) in [6.07, 6.45) is 4.34. The van der Waals surface area contributed by atoms with Gasteiger partial charge in [0.1, 0.15) is 0 Å². The van der Waals surface area contributed by atoms with Gasteiger partial charge in [-0.05, 0) is 41.0 Å². The van der Waals surface area contributed by atoms with E-state index in [1.807, 2.05) is 6.20 Å². The summed E-state index contributed by atoms with van der Waals surface area (Å²) in [6, 6.07) is 0. The highest BCUT2D eigenvalue weighted by molar-refractivity contribution is 5.32. The molecule has 0 saturated heterocycles. The topological polar surface area (TPSA) is 41.1 Å². The first-order chi connectivity index (χ1) is 9.37. The average molecular weight is 278 g/mol. The van der Waals surface area contributed by atoms with Crippen LogP contribution in [0, 0.1) is 6.92 Å². The Morgan fingerprint density at radius 1 is 1.25 bits per heavy atom. The molecule has 1 aromatic heterocycles. The van der Waals surface area contributed by atoms with Crippen molar-refractivity contribution in [2.75, 3.05) is 18.0 Å². The Morgan fingerprint density at radius 2 is 1.95 bits per heavy atom. The number of nitrogens with one attached hydrogen (secondary N) is 1. The summed E-state index contributed by atoms with van der Waals surface area (Å²) in [5.41, 5.74) is 2.36. The van der Waals surface area contributed by atoms with Gasteiger partial charge in [0.05, 0.1) is 0 Å². The second kappa shape index (κ2) is 7.58. The van der Waals surface area contributed by atoms with E-state index in [1.54, 1.807) is 0 Å². The van der Waals surface area contributed by atoms with Gasteiger partial charge in [0.15, 0.2) is 0 Å². The minimum atomic E-state index is 0.113. The predicted molar refractivity (Wildman–Crippen MR) is 86.2 cm³/mol. The zero-order valence-electron chi connectivity index (χ0n) is 14.0. The van der Waals surface area contributed by atoms with Gasteiger partial charge in [-0.25, -0.2) is 9.97 Å². The van der Waals surface area contributed by atoms with Crippen LogP contribution in [0.3, 0.4) is 0 Å². The van der Waals surface area contributed by atoms with Gasteiger partial charge < -0.3 is 10.2 Å². The number of anilines is 1. The lowest BCUT2D eigenvalue weighted by atomic mass is 10.1. The van der Waals surface area contributed by atoms with Crippen LogP contribution < -0.4 is 10.2 Å². The summed E-state index contributed by atoms with van der Waals surface area (Å²) >= 11 is 0. The van der Waals surface area contributed by atoms with E-state index in [-0.39, 0.29) is 5.54 Å². The highest BCUT2D eigenvalue weighted by Crippen LogP contribution is 2.13. The third-order valence-corrected chi connectivity index (χ3v) is 3.32. The molecule has 0 aliphatic heterocycles. The monoisotopic (exact) mass is 278 g/mol. The highest BCUT2D eigenvalue weighted by Gasteiger charge is 2.12. The van der Waals surface area contributed by atoms with E-state index >= 15 is 0 Å². The molecule has 0 amide bonds. The van der Waals surface area contributed by atoms with Gasteiger partial charge in [-0.1, -0.05) is 13.3 Å². The van der Waals surface area contributed by atoms with Gasteiger partial charge in [-0.2, -0.15) is 0 Å². The Morgan fingerprint density at radius 3 is 2.45 bits per heavy atom. The maximum atomic E-state index is 4.67. The van der Waals surface area contributed by atoms with Crippen molar-refractivity contribution >= 4 is 5.95 Å². The van der Waals surface area contributed by atoms with E-state index in [2.05, 4.69) is 61.7 Å². The molecular formula is C16H30N4. The molecule has 1 aromatic rings. The second-order valence-electron chi connectivity index (χ2n) is 6.32. The third-order valence-electron chi connectivity index (χ3n) is 3.32. The molecule has 4 heteroatoms. The molecule has 1 rings (SSSR count). The Kier molecular flexibility index (Phi) is 6.40. The zero-order chi connectivity index (χ0) is 15.2. The first-order valence-corrected chi connectivity index (χ1v) is 7.70. The lowest BCUT2D eigenvalue weighted by Crippen LogP contribution is -2.35. The molecule has 0 unspecified atom stereocenters. The molecule has 0 fully saturated rings. The van der Waals surface area contributed by atoms with Crippen molar-refractivity contribution in [3.8, 4) is 0 Å². The minimum Gasteiger partial charge on any atom is -0.341 e. The highest BCUT2D eigenvalue weighted by atomic mass is 15.2. The maximum Gasteiger partial charge on any atom is 0.225 e. The molecule has 4 nitrogen and oxygen atoms in total. The molecule has 1 heterocycles. The molecule has 0 bridgehead atoms. The van der Waals surface area contributed by atoms with Crippen LogP contribution in [0.15, 0.2) is 6.20 Å². The number of nitrogens with zero attached hydrogens (tertiary/aromatic N) is 3. The molecule has 0 saturated carbocycles. The third kappa shape index (κ3) is 5.45. The van der Waals surface area contributed by atoms with Crippen LogP contribution in [0.2, 0.25) is 0 Å². The summed E-state index contributed by atoms with van der Waals surface area (Å²) in [6.45, 7) is 15.7.